The van der Waals surface area contributed by atoms with Gasteiger partial charge in [0.25, 0.3) is 5.91 Å². The van der Waals surface area contributed by atoms with Crippen LogP contribution in [0.3, 0.4) is 0 Å². The third kappa shape index (κ3) is 3.03. The highest BCUT2D eigenvalue weighted by Crippen LogP contribution is 2.22. The molecule has 1 saturated heterocycles. The summed E-state index contributed by atoms with van der Waals surface area (Å²) >= 11 is 0. The van der Waals surface area contributed by atoms with Gasteiger partial charge in [0.2, 0.25) is 0 Å². The molecule has 1 fully saturated rings. The average Bonchev–Trinajstić information content (AvgIpc) is 3.33. The number of hydrogen-bond donors (Lipinski definition) is 0. The summed E-state index contributed by atoms with van der Waals surface area (Å²) in [5.41, 5.74) is 3.43. The summed E-state index contributed by atoms with van der Waals surface area (Å²) in [4.78, 5) is 26.1. The van der Waals surface area contributed by atoms with Gasteiger partial charge < -0.3 is 9.80 Å². The Bertz CT molecular complexity index is 991. The number of aryl methyl sites for hydroxylation is 1. The molecule has 0 N–H and O–H groups in total. The van der Waals surface area contributed by atoms with Crippen molar-refractivity contribution >= 4 is 22.8 Å². The van der Waals surface area contributed by atoms with Gasteiger partial charge in [0.1, 0.15) is 5.82 Å². The molecule has 138 valence electrons. The van der Waals surface area contributed by atoms with E-state index >= 15 is 0 Å². The fourth-order valence-corrected chi connectivity index (χ4v) is 3.94. The van der Waals surface area contributed by atoms with E-state index in [0.29, 0.717) is 12.2 Å². The van der Waals surface area contributed by atoms with Gasteiger partial charge in [-0.25, -0.2) is 4.98 Å². The van der Waals surface area contributed by atoms with Crippen LogP contribution in [-0.4, -0.2) is 50.2 Å². The Labute approximate surface area is 157 Å². The summed E-state index contributed by atoms with van der Waals surface area (Å²) in [6, 6.07) is 9.86. The van der Waals surface area contributed by atoms with Crippen molar-refractivity contribution in [3.63, 3.8) is 0 Å². The van der Waals surface area contributed by atoms with Crippen molar-refractivity contribution in [2.24, 2.45) is 0 Å². The highest BCUT2D eigenvalue weighted by molar-refractivity contribution is 5.92. The second-order valence-corrected chi connectivity index (χ2v) is 7.24. The van der Waals surface area contributed by atoms with Gasteiger partial charge in [0.15, 0.2) is 5.69 Å². The molecule has 0 aliphatic carbocycles. The SMILES string of the molecule is O=C(c1cc2n(n1)CCCN(c1cnc3ccccc3n1)C2)N1CCCC1. The summed E-state index contributed by atoms with van der Waals surface area (Å²) in [5.74, 6) is 0.931. The van der Waals surface area contributed by atoms with Crippen molar-refractivity contribution < 1.29 is 4.79 Å². The molecule has 0 atom stereocenters. The van der Waals surface area contributed by atoms with E-state index in [-0.39, 0.29) is 5.91 Å². The number of carbonyl (C=O) groups excluding carboxylic acids is 1. The van der Waals surface area contributed by atoms with E-state index in [1.807, 2.05) is 46.1 Å². The number of amides is 1. The van der Waals surface area contributed by atoms with Crippen LogP contribution < -0.4 is 4.90 Å². The smallest absolute Gasteiger partial charge is 0.274 e. The van der Waals surface area contributed by atoms with Crippen LogP contribution in [0.25, 0.3) is 11.0 Å². The first kappa shape index (κ1) is 16.2. The van der Waals surface area contributed by atoms with Crippen LogP contribution in [0.5, 0.6) is 0 Å². The van der Waals surface area contributed by atoms with E-state index in [2.05, 4.69) is 15.0 Å². The standard InChI is InChI=1S/C20H22N6O/c27-20(24-8-3-4-9-24)18-12-15-14-25(10-5-11-26(15)23-18)19-13-21-16-6-1-2-7-17(16)22-19/h1-2,6-7,12-13H,3-5,8-11,14H2. The lowest BCUT2D eigenvalue weighted by atomic mass is 10.3. The Morgan fingerprint density at radius 1 is 0.963 bits per heavy atom. The van der Waals surface area contributed by atoms with Crippen LogP contribution in [0.15, 0.2) is 36.5 Å². The van der Waals surface area contributed by atoms with E-state index in [0.717, 1.165) is 68.0 Å². The quantitative estimate of drug-likeness (QED) is 0.701. The lowest BCUT2D eigenvalue weighted by molar-refractivity contribution is 0.0786. The average molecular weight is 362 g/mol. The third-order valence-electron chi connectivity index (χ3n) is 5.39. The lowest BCUT2D eigenvalue weighted by Crippen LogP contribution is -2.28. The molecule has 2 aromatic heterocycles. The van der Waals surface area contributed by atoms with Crippen LogP contribution in [0, 0.1) is 0 Å². The minimum absolute atomic E-state index is 0.0603. The van der Waals surface area contributed by atoms with Crippen molar-refractivity contribution in [3.8, 4) is 0 Å². The van der Waals surface area contributed by atoms with Crippen molar-refractivity contribution in [2.75, 3.05) is 24.5 Å². The monoisotopic (exact) mass is 362 g/mol. The zero-order valence-electron chi connectivity index (χ0n) is 15.2. The second kappa shape index (κ2) is 6.64. The molecule has 5 rings (SSSR count). The fourth-order valence-electron chi connectivity index (χ4n) is 3.94. The van der Waals surface area contributed by atoms with Gasteiger partial charge in [0, 0.05) is 26.2 Å². The first-order valence-electron chi connectivity index (χ1n) is 9.61. The van der Waals surface area contributed by atoms with E-state index in [4.69, 9.17) is 4.98 Å². The van der Waals surface area contributed by atoms with Gasteiger partial charge in [-0.15, -0.1) is 0 Å². The first-order chi connectivity index (χ1) is 13.3. The zero-order valence-corrected chi connectivity index (χ0v) is 15.2. The second-order valence-electron chi connectivity index (χ2n) is 7.24. The first-order valence-corrected chi connectivity index (χ1v) is 9.61. The Hall–Kier alpha value is -2.96. The molecule has 27 heavy (non-hydrogen) atoms. The largest absolute Gasteiger partial charge is 0.349 e. The Balaban J connectivity index is 1.42. The van der Waals surface area contributed by atoms with Gasteiger partial charge in [-0.1, -0.05) is 12.1 Å². The van der Waals surface area contributed by atoms with Crippen molar-refractivity contribution in [1.82, 2.24) is 24.6 Å². The minimum atomic E-state index is 0.0603. The maximum atomic E-state index is 12.7. The van der Waals surface area contributed by atoms with E-state index < -0.39 is 0 Å². The van der Waals surface area contributed by atoms with Crippen LogP contribution in [0.4, 0.5) is 5.82 Å². The number of rotatable bonds is 2. The van der Waals surface area contributed by atoms with Gasteiger partial charge in [-0.2, -0.15) is 5.10 Å². The van der Waals surface area contributed by atoms with Crippen molar-refractivity contribution in [1.29, 1.82) is 0 Å². The number of hydrogen-bond acceptors (Lipinski definition) is 5. The molecule has 3 aromatic rings. The minimum Gasteiger partial charge on any atom is -0.349 e. The molecular formula is C20H22N6O. The van der Waals surface area contributed by atoms with Crippen LogP contribution in [0.1, 0.15) is 35.4 Å². The van der Waals surface area contributed by atoms with Gasteiger partial charge in [0.05, 0.1) is 29.5 Å². The number of nitrogens with zero attached hydrogens (tertiary/aromatic N) is 6. The van der Waals surface area contributed by atoms with Crippen molar-refractivity contribution in [3.05, 3.63) is 47.9 Å². The highest BCUT2D eigenvalue weighted by Gasteiger charge is 2.25. The number of benzene rings is 1. The molecule has 1 aromatic carbocycles. The van der Waals surface area contributed by atoms with Gasteiger partial charge >= 0.3 is 0 Å². The van der Waals surface area contributed by atoms with Gasteiger partial charge in [-0.05, 0) is 37.5 Å². The summed E-state index contributed by atoms with van der Waals surface area (Å²) in [5, 5.41) is 4.60. The highest BCUT2D eigenvalue weighted by atomic mass is 16.2. The Morgan fingerprint density at radius 2 is 1.78 bits per heavy atom. The summed E-state index contributed by atoms with van der Waals surface area (Å²) in [6.45, 7) is 4.10. The molecule has 0 saturated carbocycles. The van der Waals surface area contributed by atoms with E-state index in [9.17, 15) is 4.79 Å². The van der Waals surface area contributed by atoms with Gasteiger partial charge in [-0.3, -0.25) is 14.5 Å². The number of anilines is 1. The van der Waals surface area contributed by atoms with Crippen LogP contribution in [0.2, 0.25) is 0 Å². The summed E-state index contributed by atoms with van der Waals surface area (Å²) < 4.78 is 1.98. The predicted octanol–water partition coefficient (Wildman–Crippen LogP) is 2.47. The molecule has 0 spiro atoms. The molecule has 7 heteroatoms. The van der Waals surface area contributed by atoms with Crippen LogP contribution in [-0.2, 0) is 13.1 Å². The molecule has 7 nitrogen and oxygen atoms in total. The molecule has 2 aliphatic heterocycles. The molecule has 4 heterocycles. The topological polar surface area (TPSA) is 67.2 Å². The number of carbonyl (C=O) groups is 1. The number of likely N-dealkylation sites (tertiary alicyclic amines) is 1. The lowest BCUT2D eigenvalue weighted by Gasteiger charge is -2.20. The van der Waals surface area contributed by atoms with Crippen LogP contribution >= 0.6 is 0 Å². The molecule has 0 bridgehead atoms. The molecule has 2 aliphatic rings. The predicted molar refractivity (Wildman–Crippen MR) is 103 cm³/mol. The molecule has 0 unspecified atom stereocenters. The number of fused-ring (bicyclic) bond motifs is 2. The molecule has 0 radical (unpaired) electrons. The summed E-state index contributed by atoms with van der Waals surface area (Å²) in [7, 11) is 0. The maximum Gasteiger partial charge on any atom is 0.274 e. The zero-order chi connectivity index (χ0) is 18.2. The number of para-hydroxylation sites is 2. The normalized spacial score (nSPS) is 17.2. The number of aromatic nitrogens is 4. The van der Waals surface area contributed by atoms with Crippen molar-refractivity contribution in [2.45, 2.75) is 32.4 Å². The Morgan fingerprint density at radius 3 is 2.63 bits per heavy atom. The maximum absolute atomic E-state index is 12.7. The fraction of sp³-hybridized carbons (Fsp3) is 0.400. The van der Waals surface area contributed by atoms with E-state index in [1.54, 1.807) is 0 Å². The van der Waals surface area contributed by atoms with E-state index in [1.165, 1.54) is 0 Å². The third-order valence-corrected chi connectivity index (χ3v) is 5.39. The molecule has 1 amide bonds. The molecular weight excluding hydrogens is 340 g/mol. The Kier molecular flexibility index (Phi) is 3.99. The summed E-state index contributed by atoms with van der Waals surface area (Å²) in [6.07, 6.45) is 4.98.